The summed E-state index contributed by atoms with van der Waals surface area (Å²) in [5, 5.41) is 0. The number of hydrogen-bond acceptors (Lipinski definition) is 3. The number of methoxy groups -OCH3 is 1. The van der Waals surface area contributed by atoms with Crippen molar-refractivity contribution in [2.24, 2.45) is 0 Å². The van der Waals surface area contributed by atoms with Crippen molar-refractivity contribution in [2.75, 3.05) is 11.8 Å². The van der Waals surface area contributed by atoms with Crippen LogP contribution in [0.2, 0.25) is 0 Å². The van der Waals surface area contributed by atoms with Gasteiger partial charge in [-0.25, -0.2) is 0 Å². The van der Waals surface area contributed by atoms with Gasteiger partial charge in [-0.05, 0) is 18.6 Å². The van der Waals surface area contributed by atoms with Gasteiger partial charge in [0.1, 0.15) is 5.75 Å². The van der Waals surface area contributed by atoms with E-state index >= 15 is 0 Å². The monoisotopic (exact) mass is 217 g/mol. The lowest BCUT2D eigenvalue weighted by atomic mass is 10.2. The van der Waals surface area contributed by atoms with Crippen LogP contribution in [-0.4, -0.2) is 20.1 Å². The fourth-order valence-corrected chi connectivity index (χ4v) is 1.46. The average molecular weight is 217 g/mol. The number of rotatable bonds is 3. The molecule has 78 valence electrons. The summed E-state index contributed by atoms with van der Waals surface area (Å²) in [5.41, 5.74) is 1.14. The van der Waals surface area contributed by atoms with Gasteiger partial charge in [0.25, 0.3) is 0 Å². The molecule has 14 heavy (non-hydrogen) atoms. The highest BCUT2D eigenvalue weighted by Gasteiger charge is 2.05. The molecule has 6 heteroatoms. The molecule has 0 spiro atoms. The van der Waals surface area contributed by atoms with Crippen LogP contribution in [0.25, 0.3) is 0 Å². The van der Waals surface area contributed by atoms with Gasteiger partial charge in [-0.3, -0.25) is 9.27 Å². The van der Waals surface area contributed by atoms with Gasteiger partial charge in [-0.15, -0.1) is 0 Å². The molecule has 0 heterocycles. The lowest BCUT2D eigenvalue weighted by molar-refractivity contribution is 0.412. The van der Waals surface area contributed by atoms with Crippen molar-refractivity contribution < 1.29 is 17.7 Å². The molecule has 1 aromatic rings. The lowest BCUT2D eigenvalue weighted by Crippen LogP contribution is -2.10. The second-order valence-electron chi connectivity index (χ2n) is 2.76. The topological polar surface area (TPSA) is 75.6 Å². The molecule has 0 saturated heterocycles. The number of hydrogen-bond donors (Lipinski definition) is 2. The summed E-state index contributed by atoms with van der Waals surface area (Å²) >= 11 is 0. The maximum Gasteiger partial charge on any atom is 0.357 e. The zero-order valence-corrected chi connectivity index (χ0v) is 8.63. The van der Waals surface area contributed by atoms with Gasteiger partial charge in [-0.1, -0.05) is 6.07 Å². The van der Waals surface area contributed by atoms with E-state index in [1.54, 1.807) is 6.07 Å². The van der Waals surface area contributed by atoms with Crippen LogP contribution in [0.1, 0.15) is 5.56 Å². The first-order valence-corrected chi connectivity index (χ1v) is 5.26. The average Bonchev–Trinajstić information content (AvgIpc) is 2.06. The minimum absolute atomic E-state index is 0.259. The van der Waals surface area contributed by atoms with Crippen molar-refractivity contribution in [3.8, 4) is 5.75 Å². The first kappa shape index (κ1) is 10.8. The molecule has 0 atom stereocenters. The van der Waals surface area contributed by atoms with Crippen LogP contribution >= 0.6 is 0 Å². The highest BCUT2D eigenvalue weighted by atomic mass is 32.2. The predicted octanol–water partition coefficient (Wildman–Crippen LogP) is 1.22. The fraction of sp³-hybridized carbons (Fsp3) is 0.250. The molecule has 0 bridgehead atoms. The van der Waals surface area contributed by atoms with Crippen LogP contribution in [0, 0.1) is 6.92 Å². The van der Waals surface area contributed by atoms with E-state index in [0.29, 0.717) is 5.75 Å². The molecule has 0 aliphatic heterocycles. The van der Waals surface area contributed by atoms with E-state index < -0.39 is 10.3 Å². The summed E-state index contributed by atoms with van der Waals surface area (Å²) in [6, 6.07) is 4.71. The lowest BCUT2D eigenvalue weighted by Gasteiger charge is -2.07. The Morgan fingerprint density at radius 3 is 2.57 bits per heavy atom. The van der Waals surface area contributed by atoms with E-state index in [2.05, 4.69) is 0 Å². The SMILES string of the molecule is COc1cc(NS(=O)(=O)O)ccc1C. The molecule has 0 unspecified atom stereocenters. The molecule has 0 radical (unpaired) electrons. The molecule has 0 amide bonds. The van der Waals surface area contributed by atoms with E-state index in [9.17, 15) is 8.42 Å². The summed E-state index contributed by atoms with van der Waals surface area (Å²) in [6.45, 7) is 1.83. The predicted molar refractivity (Wildman–Crippen MR) is 52.9 cm³/mol. The fourth-order valence-electron chi connectivity index (χ4n) is 1.03. The maximum atomic E-state index is 10.5. The highest BCUT2D eigenvalue weighted by molar-refractivity contribution is 7.87. The van der Waals surface area contributed by atoms with Crippen molar-refractivity contribution >= 4 is 16.0 Å². The first-order chi connectivity index (χ1) is 6.42. The van der Waals surface area contributed by atoms with Gasteiger partial charge in [0.15, 0.2) is 0 Å². The van der Waals surface area contributed by atoms with Gasteiger partial charge >= 0.3 is 10.3 Å². The van der Waals surface area contributed by atoms with Crippen LogP contribution < -0.4 is 9.46 Å². The molecular weight excluding hydrogens is 206 g/mol. The minimum Gasteiger partial charge on any atom is -0.496 e. The number of benzene rings is 1. The van der Waals surface area contributed by atoms with E-state index in [1.165, 1.54) is 19.2 Å². The van der Waals surface area contributed by atoms with Crippen LogP contribution in [0.15, 0.2) is 18.2 Å². The summed E-state index contributed by atoms with van der Waals surface area (Å²) in [5.74, 6) is 0.554. The number of ether oxygens (including phenoxy) is 1. The number of aryl methyl sites for hydroxylation is 1. The largest absolute Gasteiger partial charge is 0.496 e. The second-order valence-corrected chi connectivity index (χ2v) is 3.92. The normalized spacial score (nSPS) is 11.1. The van der Waals surface area contributed by atoms with Crippen molar-refractivity contribution in [3.05, 3.63) is 23.8 Å². The summed E-state index contributed by atoms with van der Waals surface area (Å²) in [6.07, 6.45) is 0. The Kier molecular flexibility index (Phi) is 2.97. The molecule has 5 nitrogen and oxygen atoms in total. The molecule has 1 rings (SSSR count). The van der Waals surface area contributed by atoms with Crippen LogP contribution in [0.5, 0.6) is 5.75 Å². The highest BCUT2D eigenvalue weighted by Crippen LogP contribution is 2.22. The number of anilines is 1. The Balaban J connectivity index is 3.01. The van der Waals surface area contributed by atoms with Gasteiger partial charge in [-0.2, -0.15) is 8.42 Å². The Morgan fingerprint density at radius 1 is 1.43 bits per heavy atom. The standard InChI is InChI=1S/C8H11NO4S/c1-6-3-4-7(5-8(6)13-2)9-14(10,11)12/h3-5,9H,1-2H3,(H,10,11,12). The van der Waals surface area contributed by atoms with Crippen LogP contribution in [-0.2, 0) is 10.3 Å². The molecule has 0 fully saturated rings. The third kappa shape index (κ3) is 2.90. The number of nitrogens with one attached hydrogen (secondary N) is 1. The third-order valence-electron chi connectivity index (χ3n) is 1.65. The van der Waals surface area contributed by atoms with Crippen molar-refractivity contribution in [1.82, 2.24) is 0 Å². The summed E-state index contributed by atoms with van der Waals surface area (Å²) < 4.78 is 36.4. The van der Waals surface area contributed by atoms with Crippen molar-refractivity contribution in [3.63, 3.8) is 0 Å². The van der Waals surface area contributed by atoms with E-state index in [1.807, 2.05) is 11.6 Å². The smallest absolute Gasteiger partial charge is 0.357 e. The molecule has 0 saturated carbocycles. The van der Waals surface area contributed by atoms with Gasteiger partial charge < -0.3 is 4.74 Å². The molecule has 0 aliphatic rings. The zero-order valence-electron chi connectivity index (χ0n) is 7.81. The Bertz CT molecular complexity index is 427. The second kappa shape index (κ2) is 3.85. The quantitative estimate of drug-likeness (QED) is 0.746. The molecule has 1 aromatic carbocycles. The Hall–Kier alpha value is -1.27. The molecular formula is C8H11NO4S. The summed E-state index contributed by atoms with van der Waals surface area (Å²) in [4.78, 5) is 0. The zero-order chi connectivity index (χ0) is 10.8. The molecule has 0 aliphatic carbocycles. The van der Waals surface area contributed by atoms with E-state index in [0.717, 1.165) is 5.56 Å². The molecule has 0 aromatic heterocycles. The third-order valence-corrected chi connectivity index (χ3v) is 2.15. The minimum atomic E-state index is -4.22. The van der Waals surface area contributed by atoms with Crippen molar-refractivity contribution in [1.29, 1.82) is 0 Å². The summed E-state index contributed by atoms with van der Waals surface area (Å²) in [7, 11) is -2.73. The Morgan fingerprint density at radius 2 is 2.07 bits per heavy atom. The van der Waals surface area contributed by atoms with Gasteiger partial charge in [0.2, 0.25) is 0 Å². The maximum absolute atomic E-state index is 10.5. The van der Waals surface area contributed by atoms with Crippen LogP contribution in [0.4, 0.5) is 5.69 Å². The van der Waals surface area contributed by atoms with E-state index in [-0.39, 0.29) is 5.69 Å². The van der Waals surface area contributed by atoms with E-state index in [4.69, 9.17) is 9.29 Å². The Labute approximate surface area is 82.6 Å². The first-order valence-electron chi connectivity index (χ1n) is 3.82. The van der Waals surface area contributed by atoms with Crippen LogP contribution in [0.3, 0.4) is 0 Å². The van der Waals surface area contributed by atoms with Crippen molar-refractivity contribution in [2.45, 2.75) is 6.92 Å². The van der Waals surface area contributed by atoms with Gasteiger partial charge in [0.05, 0.1) is 12.8 Å². The van der Waals surface area contributed by atoms with Gasteiger partial charge in [0, 0.05) is 6.07 Å². The molecule has 2 N–H and O–H groups in total.